The maximum Gasteiger partial charge on any atom is 0.269 e. The Labute approximate surface area is 174 Å². The standard InChI is InChI=1S/C24H22N2O2S/c1-16(17-9-5-3-6-10-17)25-24(27)22-23(29-19-11-7-4-8-12-19)20-14-13-18(28-2)15-21(20)26-22/h3-16,26H,1-2H3,(H,25,27)/t16-/m1/s1. The summed E-state index contributed by atoms with van der Waals surface area (Å²) >= 11 is 1.58. The van der Waals surface area contributed by atoms with Gasteiger partial charge in [-0.05, 0) is 36.8 Å². The number of carbonyl (C=O) groups excluding carboxylic acids is 1. The Hall–Kier alpha value is -3.18. The molecule has 0 aliphatic rings. The van der Waals surface area contributed by atoms with Crippen LogP contribution in [0.25, 0.3) is 10.9 Å². The monoisotopic (exact) mass is 402 g/mol. The molecule has 0 unspecified atom stereocenters. The van der Waals surface area contributed by atoms with Crippen LogP contribution >= 0.6 is 11.8 Å². The van der Waals surface area contributed by atoms with E-state index in [1.54, 1.807) is 18.9 Å². The Balaban J connectivity index is 1.71. The summed E-state index contributed by atoms with van der Waals surface area (Å²) in [4.78, 5) is 18.5. The lowest BCUT2D eigenvalue weighted by Crippen LogP contribution is -2.27. The summed E-state index contributed by atoms with van der Waals surface area (Å²) < 4.78 is 5.35. The van der Waals surface area contributed by atoms with Crippen molar-refractivity contribution >= 4 is 28.6 Å². The molecule has 2 N–H and O–H groups in total. The molecule has 0 aliphatic heterocycles. The highest BCUT2D eigenvalue weighted by molar-refractivity contribution is 7.99. The number of aromatic nitrogens is 1. The predicted molar refractivity (Wildman–Crippen MR) is 118 cm³/mol. The molecular weight excluding hydrogens is 380 g/mol. The van der Waals surface area contributed by atoms with Crippen molar-refractivity contribution < 1.29 is 9.53 Å². The Morgan fingerprint density at radius 3 is 2.38 bits per heavy atom. The molecule has 1 aromatic heterocycles. The zero-order chi connectivity index (χ0) is 20.2. The number of aromatic amines is 1. The fraction of sp³-hybridized carbons (Fsp3) is 0.125. The molecule has 1 atom stereocenters. The number of hydrogen-bond donors (Lipinski definition) is 2. The van der Waals surface area contributed by atoms with Gasteiger partial charge in [0.05, 0.1) is 23.6 Å². The number of fused-ring (bicyclic) bond motifs is 1. The van der Waals surface area contributed by atoms with Gasteiger partial charge in [-0.15, -0.1) is 0 Å². The van der Waals surface area contributed by atoms with Gasteiger partial charge in [0, 0.05) is 16.3 Å². The number of carbonyl (C=O) groups is 1. The van der Waals surface area contributed by atoms with Crippen molar-refractivity contribution in [3.05, 3.63) is 90.1 Å². The molecule has 5 heteroatoms. The topological polar surface area (TPSA) is 54.1 Å². The molecular formula is C24H22N2O2S. The first-order valence-electron chi connectivity index (χ1n) is 9.44. The van der Waals surface area contributed by atoms with Gasteiger partial charge in [-0.2, -0.15) is 0 Å². The number of H-pyrrole nitrogens is 1. The molecule has 0 saturated heterocycles. The number of amides is 1. The highest BCUT2D eigenvalue weighted by Gasteiger charge is 2.21. The van der Waals surface area contributed by atoms with Crippen LogP contribution in [0.1, 0.15) is 29.0 Å². The fourth-order valence-corrected chi connectivity index (χ4v) is 4.31. The summed E-state index contributed by atoms with van der Waals surface area (Å²) in [6.07, 6.45) is 0. The van der Waals surface area contributed by atoms with Crippen molar-refractivity contribution in [3.8, 4) is 5.75 Å². The molecule has 29 heavy (non-hydrogen) atoms. The minimum atomic E-state index is -0.130. The SMILES string of the molecule is COc1ccc2c(Sc3ccccc3)c(C(=O)N[C@H](C)c3ccccc3)[nH]c2c1. The normalized spacial score (nSPS) is 11.9. The third-order valence-electron chi connectivity index (χ3n) is 4.80. The van der Waals surface area contributed by atoms with Gasteiger partial charge in [0.15, 0.2) is 0 Å². The molecule has 4 nitrogen and oxygen atoms in total. The number of rotatable bonds is 6. The van der Waals surface area contributed by atoms with Crippen LogP contribution in [0.2, 0.25) is 0 Å². The summed E-state index contributed by atoms with van der Waals surface area (Å²) in [7, 11) is 1.64. The minimum Gasteiger partial charge on any atom is -0.497 e. The largest absolute Gasteiger partial charge is 0.497 e. The molecule has 1 heterocycles. The second-order valence-electron chi connectivity index (χ2n) is 6.76. The summed E-state index contributed by atoms with van der Waals surface area (Å²) in [5, 5.41) is 4.11. The fourth-order valence-electron chi connectivity index (χ4n) is 3.24. The van der Waals surface area contributed by atoms with Gasteiger partial charge in [0.2, 0.25) is 0 Å². The van der Waals surface area contributed by atoms with Crippen LogP contribution in [0.15, 0.2) is 88.7 Å². The quantitative estimate of drug-likeness (QED) is 0.427. The first-order valence-corrected chi connectivity index (χ1v) is 10.3. The van der Waals surface area contributed by atoms with Gasteiger partial charge in [0.1, 0.15) is 11.4 Å². The third kappa shape index (κ3) is 4.15. The lowest BCUT2D eigenvalue weighted by atomic mass is 10.1. The molecule has 1 amide bonds. The lowest BCUT2D eigenvalue weighted by molar-refractivity contribution is 0.0932. The van der Waals surface area contributed by atoms with Crippen LogP contribution in [-0.2, 0) is 0 Å². The summed E-state index contributed by atoms with van der Waals surface area (Å²) in [6, 6.07) is 25.7. The van der Waals surface area contributed by atoms with E-state index in [2.05, 4.69) is 10.3 Å². The number of hydrogen-bond acceptors (Lipinski definition) is 3. The Morgan fingerprint density at radius 2 is 1.69 bits per heavy atom. The van der Waals surface area contributed by atoms with Gasteiger partial charge >= 0.3 is 0 Å². The van der Waals surface area contributed by atoms with Crippen LogP contribution in [0.5, 0.6) is 5.75 Å². The second-order valence-corrected chi connectivity index (χ2v) is 7.85. The van der Waals surface area contributed by atoms with E-state index in [0.717, 1.165) is 32.0 Å². The summed E-state index contributed by atoms with van der Waals surface area (Å²) in [6.45, 7) is 1.99. The number of ether oxygens (including phenoxy) is 1. The van der Waals surface area contributed by atoms with Crippen molar-refractivity contribution in [3.63, 3.8) is 0 Å². The predicted octanol–water partition coefficient (Wildman–Crippen LogP) is 5.82. The van der Waals surface area contributed by atoms with E-state index in [0.29, 0.717) is 5.69 Å². The van der Waals surface area contributed by atoms with E-state index in [1.807, 2.05) is 85.8 Å². The van der Waals surface area contributed by atoms with Crippen molar-refractivity contribution in [1.29, 1.82) is 0 Å². The molecule has 0 bridgehead atoms. The zero-order valence-electron chi connectivity index (χ0n) is 16.3. The molecule has 0 aliphatic carbocycles. The first kappa shape index (κ1) is 19.2. The van der Waals surface area contributed by atoms with Crippen LogP contribution in [0, 0.1) is 0 Å². The molecule has 4 aromatic rings. The lowest BCUT2D eigenvalue weighted by Gasteiger charge is -2.14. The second kappa shape index (κ2) is 8.45. The number of benzene rings is 3. The van der Waals surface area contributed by atoms with Crippen molar-refractivity contribution in [2.75, 3.05) is 7.11 Å². The molecule has 146 valence electrons. The van der Waals surface area contributed by atoms with Crippen molar-refractivity contribution in [2.45, 2.75) is 22.8 Å². The van der Waals surface area contributed by atoms with Gasteiger partial charge in [0.25, 0.3) is 5.91 Å². The van der Waals surface area contributed by atoms with E-state index in [-0.39, 0.29) is 11.9 Å². The number of nitrogens with one attached hydrogen (secondary N) is 2. The molecule has 0 spiro atoms. The van der Waals surface area contributed by atoms with E-state index in [1.165, 1.54) is 0 Å². The molecule has 0 saturated carbocycles. The highest BCUT2D eigenvalue weighted by Crippen LogP contribution is 2.38. The summed E-state index contributed by atoms with van der Waals surface area (Å²) in [5.41, 5.74) is 2.50. The molecule has 3 aromatic carbocycles. The van der Waals surface area contributed by atoms with Gasteiger partial charge in [-0.25, -0.2) is 0 Å². The van der Waals surface area contributed by atoms with Crippen LogP contribution in [0.4, 0.5) is 0 Å². The zero-order valence-corrected chi connectivity index (χ0v) is 17.1. The number of methoxy groups -OCH3 is 1. The smallest absolute Gasteiger partial charge is 0.269 e. The first-order chi connectivity index (χ1) is 14.2. The third-order valence-corrected chi connectivity index (χ3v) is 5.93. The minimum absolute atomic E-state index is 0.0979. The average Bonchev–Trinajstić information content (AvgIpc) is 3.12. The van der Waals surface area contributed by atoms with E-state index in [4.69, 9.17) is 4.74 Å². The van der Waals surface area contributed by atoms with E-state index >= 15 is 0 Å². The van der Waals surface area contributed by atoms with Gasteiger partial charge in [-0.3, -0.25) is 4.79 Å². The van der Waals surface area contributed by atoms with Gasteiger partial charge in [-0.1, -0.05) is 60.3 Å². The van der Waals surface area contributed by atoms with E-state index < -0.39 is 0 Å². The molecule has 0 fully saturated rings. The molecule has 4 rings (SSSR count). The van der Waals surface area contributed by atoms with Gasteiger partial charge < -0.3 is 15.0 Å². The van der Waals surface area contributed by atoms with Crippen LogP contribution in [0.3, 0.4) is 0 Å². The maximum atomic E-state index is 13.2. The Bertz CT molecular complexity index is 1120. The highest BCUT2D eigenvalue weighted by atomic mass is 32.2. The Morgan fingerprint density at radius 1 is 1.00 bits per heavy atom. The maximum absolute atomic E-state index is 13.2. The van der Waals surface area contributed by atoms with Crippen molar-refractivity contribution in [2.24, 2.45) is 0 Å². The average molecular weight is 403 g/mol. The van der Waals surface area contributed by atoms with Crippen LogP contribution < -0.4 is 10.1 Å². The summed E-state index contributed by atoms with van der Waals surface area (Å²) in [5.74, 6) is 0.620. The van der Waals surface area contributed by atoms with Crippen LogP contribution in [-0.4, -0.2) is 18.0 Å². The van der Waals surface area contributed by atoms with Crippen molar-refractivity contribution in [1.82, 2.24) is 10.3 Å². The van der Waals surface area contributed by atoms with E-state index in [9.17, 15) is 4.79 Å². The molecule has 0 radical (unpaired) electrons. The Kier molecular flexibility index (Phi) is 5.58.